The fraction of sp³-hybridized carbons (Fsp3) is 0.250. The summed E-state index contributed by atoms with van der Waals surface area (Å²) in [4.78, 5) is 0. The minimum atomic E-state index is 1.18. The number of aryl methyl sites for hydroxylation is 1. The van der Waals surface area contributed by atoms with Gasteiger partial charge in [-0.25, -0.2) is 0 Å². The summed E-state index contributed by atoms with van der Waals surface area (Å²) in [7, 11) is 2.44. The van der Waals surface area contributed by atoms with E-state index >= 15 is 0 Å². The van der Waals surface area contributed by atoms with Crippen LogP contribution in [0.3, 0.4) is 0 Å². The van der Waals surface area contributed by atoms with Crippen molar-refractivity contribution in [2.45, 2.75) is 26.2 Å². The smallest absolute Gasteiger partial charge is 0.174 e. The molecule has 2 aromatic carbocycles. The average molecular weight is 274 g/mol. The third-order valence-electron chi connectivity index (χ3n) is 2.90. The van der Waals surface area contributed by atoms with E-state index in [4.69, 9.17) is 0 Å². The predicted octanol–water partition coefficient (Wildman–Crippen LogP) is 5.00. The van der Waals surface area contributed by atoms with Crippen molar-refractivity contribution < 1.29 is 0 Å². The highest BCUT2D eigenvalue weighted by Crippen LogP contribution is 2.24. The van der Waals surface area contributed by atoms with Crippen molar-refractivity contribution in [2.75, 3.05) is 0 Å². The van der Waals surface area contributed by atoms with Crippen LogP contribution in [0.4, 0.5) is 0 Å². The number of hydrogen-bond acceptors (Lipinski definition) is 0. The Morgan fingerprint density at radius 1 is 0.889 bits per heavy atom. The van der Waals surface area contributed by atoms with Crippen molar-refractivity contribution >= 4 is 20.6 Å². The maximum Gasteiger partial charge on any atom is 0.174 e. The van der Waals surface area contributed by atoms with Crippen LogP contribution in [0.1, 0.15) is 25.3 Å². The quantitative estimate of drug-likeness (QED) is 0.543. The zero-order chi connectivity index (χ0) is 13.2. The first-order valence-corrected chi connectivity index (χ1v) is 7.75. The van der Waals surface area contributed by atoms with Crippen molar-refractivity contribution in [2.24, 2.45) is 0 Å². The van der Waals surface area contributed by atoms with Crippen LogP contribution in [0.2, 0.25) is 0 Å². The average Bonchev–Trinajstić information content (AvgIpc) is 2.48. The SMILES string of the molecule is CCCCc1ccccc1-c1ccccc1.[Si]Cl. The number of halogens is 1. The Bertz CT molecular complexity index is 440. The summed E-state index contributed by atoms with van der Waals surface area (Å²) >= 11 is 4.44. The van der Waals surface area contributed by atoms with E-state index < -0.39 is 0 Å². The van der Waals surface area contributed by atoms with Gasteiger partial charge in [0.05, 0.1) is 0 Å². The highest BCUT2D eigenvalue weighted by molar-refractivity contribution is 6.80. The zero-order valence-corrected chi connectivity index (χ0v) is 12.5. The molecule has 2 heteroatoms. The van der Waals surface area contributed by atoms with Crippen molar-refractivity contribution in [3.8, 4) is 11.1 Å². The molecule has 0 saturated carbocycles. The van der Waals surface area contributed by atoms with Gasteiger partial charge in [0.2, 0.25) is 0 Å². The summed E-state index contributed by atoms with van der Waals surface area (Å²) in [5.41, 5.74) is 4.18. The molecule has 0 aliphatic carbocycles. The van der Waals surface area contributed by atoms with Crippen molar-refractivity contribution in [1.29, 1.82) is 0 Å². The topological polar surface area (TPSA) is 0 Å². The first kappa shape index (κ1) is 15.0. The Morgan fingerprint density at radius 3 is 2.17 bits per heavy atom. The van der Waals surface area contributed by atoms with Gasteiger partial charge in [0.15, 0.2) is 9.55 Å². The first-order valence-electron chi connectivity index (χ1n) is 6.24. The van der Waals surface area contributed by atoms with E-state index in [2.05, 4.69) is 82.2 Å². The lowest BCUT2D eigenvalue weighted by Crippen LogP contribution is -1.89. The lowest BCUT2D eigenvalue weighted by atomic mass is 9.96. The van der Waals surface area contributed by atoms with Crippen LogP contribution in [-0.4, -0.2) is 9.55 Å². The molecule has 0 bridgehead atoms. The Morgan fingerprint density at radius 2 is 1.50 bits per heavy atom. The summed E-state index contributed by atoms with van der Waals surface area (Å²) < 4.78 is 0. The lowest BCUT2D eigenvalue weighted by Gasteiger charge is -2.08. The maximum absolute atomic E-state index is 4.44. The van der Waals surface area contributed by atoms with Crippen molar-refractivity contribution in [3.05, 3.63) is 60.2 Å². The molecule has 0 fully saturated rings. The van der Waals surface area contributed by atoms with Gasteiger partial charge in [-0.15, -0.1) is 0 Å². The van der Waals surface area contributed by atoms with Crippen LogP contribution >= 0.6 is 11.1 Å². The molecule has 0 heterocycles. The minimum absolute atomic E-state index is 1.18. The molecule has 2 aromatic rings. The summed E-state index contributed by atoms with van der Waals surface area (Å²) in [6.07, 6.45) is 3.70. The van der Waals surface area contributed by atoms with Gasteiger partial charge in [-0.3, -0.25) is 0 Å². The number of hydrogen-bond donors (Lipinski definition) is 0. The first-order chi connectivity index (χ1) is 8.92. The highest BCUT2D eigenvalue weighted by Gasteiger charge is 2.02. The van der Waals surface area contributed by atoms with E-state index in [-0.39, 0.29) is 0 Å². The molecular formula is C16H18ClSi. The standard InChI is InChI=1S/C16H18.ClSi/c1-2-3-9-14-12-7-8-13-16(14)15-10-5-4-6-11-15;1-2/h4-8,10-13H,2-3,9H2,1H3;. The molecule has 3 radical (unpaired) electrons. The molecule has 0 spiro atoms. The Hall–Kier alpha value is -1.05. The van der Waals surface area contributed by atoms with Gasteiger partial charge in [0.25, 0.3) is 0 Å². The maximum atomic E-state index is 4.44. The van der Waals surface area contributed by atoms with Crippen LogP contribution in [0, 0.1) is 0 Å². The Balaban J connectivity index is 0.000000771. The van der Waals surface area contributed by atoms with Gasteiger partial charge in [-0.05, 0) is 29.5 Å². The molecule has 0 aliphatic rings. The van der Waals surface area contributed by atoms with Crippen LogP contribution < -0.4 is 0 Å². The third-order valence-corrected chi connectivity index (χ3v) is 2.90. The van der Waals surface area contributed by atoms with Gasteiger partial charge in [0, 0.05) is 0 Å². The van der Waals surface area contributed by atoms with Crippen LogP contribution in [0.25, 0.3) is 11.1 Å². The molecule has 18 heavy (non-hydrogen) atoms. The molecule has 2 rings (SSSR count). The van der Waals surface area contributed by atoms with Gasteiger partial charge >= 0.3 is 0 Å². The summed E-state index contributed by atoms with van der Waals surface area (Å²) in [5, 5.41) is 0. The summed E-state index contributed by atoms with van der Waals surface area (Å²) in [5.74, 6) is 0. The molecule has 0 N–H and O–H groups in total. The van der Waals surface area contributed by atoms with Crippen molar-refractivity contribution in [3.63, 3.8) is 0 Å². The van der Waals surface area contributed by atoms with Crippen molar-refractivity contribution in [1.82, 2.24) is 0 Å². The molecule has 0 aliphatic heterocycles. The molecule has 0 aromatic heterocycles. The van der Waals surface area contributed by atoms with E-state index in [0.29, 0.717) is 0 Å². The second-order valence-electron chi connectivity index (χ2n) is 4.13. The number of unbranched alkanes of at least 4 members (excludes halogenated alkanes) is 1. The zero-order valence-electron chi connectivity index (χ0n) is 10.7. The molecule has 0 unspecified atom stereocenters. The number of benzene rings is 2. The number of rotatable bonds is 4. The van der Waals surface area contributed by atoms with E-state index in [0.717, 1.165) is 0 Å². The monoisotopic (exact) mass is 273 g/mol. The molecular weight excluding hydrogens is 256 g/mol. The summed E-state index contributed by atoms with van der Waals surface area (Å²) in [6, 6.07) is 19.4. The lowest BCUT2D eigenvalue weighted by molar-refractivity contribution is 0.796. The van der Waals surface area contributed by atoms with E-state index in [1.165, 1.54) is 36.0 Å². The van der Waals surface area contributed by atoms with E-state index in [9.17, 15) is 0 Å². The second kappa shape index (κ2) is 8.95. The van der Waals surface area contributed by atoms with Crippen LogP contribution in [0.5, 0.6) is 0 Å². The fourth-order valence-corrected chi connectivity index (χ4v) is 2.00. The summed E-state index contributed by atoms with van der Waals surface area (Å²) in [6.45, 7) is 2.24. The fourth-order valence-electron chi connectivity index (χ4n) is 2.00. The van der Waals surface area contributed by atoms with Gasteiger partial charge < -0.3 is 0 Å². The molecule has 0 saturated heterocycles. The highest BCUT2D eigenvalue weighted by atomic mass is 35.6. The Labute approximate surface area is 118 Å². The molecule has 0 nitrogen and oxygen atoms in total. The molecule has 0 amide bonds. The van der Waals surface area contributed by atoms with Crippen LogP contribution in [-0.2, 0) is 6.42 Å². The minimum Gasteiger partial charge on any atom is -0.174 e. The van der Waals surface area contributed by atoms with Gasteiger partial charge in [0.1, 0.15) is 0 Å². The molecule has 93 valence electrons. The van der Waals surface area contributed by atoms with Gasteiger partial charge in [-0.2, -0.15) is 11.1 Å². The Kier molecular flexibility index (Phi) is 7.46. The van der Waals surface area contributed by atoms with Crippen LogP contribution in [0.15, 0.2) is 54.6 Å². The predicted molar refractivity (Wildman–Crippen MR) is 82.1 cm³/mol. The second-order valence-corrected chi connectivity index (χ2v) is 4.13. The molecule has 0 atom stereocenters. The third kappa shape index (κ3) is 4.32. The largest absolute Gasteiger partial charge is 0.174 e. The van der Waals surface area contributed by atoms with E-state index in [1.807, 2.05) is 0 Å². The van der Waals surface area contributed by atoms with Gasteiger partial charge in [-0.1, -0.05) is 67.9 Å². The van der Waals surface area contributed by atoms with E-state index in [1.54, 1.807) is 0 Å². The normalized spacial score (nSPS) is 9.50.